The molecular formula is C25H29F6N. The number of hydrogen-bond acceptors (Lipinski definition) is 1. The summed E-state index contributed by atoms with van der Waals surface area (Å²) >= 11 is 0. The lowest BCUT2D eigenvalue weighted by Gasteiger charge is -2.38. The molecule has 0 radical (unpaired) electrons. The van der Waals surface area contributed by atoms with Crippen molar-refractivity contribution in [3.8, 4) is 0 Å². The minimum atomic E-state index is -4.84. The highest BCUT2D eigenvalue weighted by atomic mass is 19.4. The second-order valence-electron chi connectivity index (χ2n) is 8.87. The summed E-state index contributed by atoms with van der Waals surface area (Å²) in [5.74, 6) is -5.13. The van der Waals surface area contributed by atoms with Gasteiger partial charge in [0.05, 0.1) is 11.8 Å². The van der Waals surface area contributed by atoms with E-state index in [-0.39, 0.29) is 6.42 Å². The summed E-state index contributed by atoms with van der Waals surface area (Å²) in [6, 6.07) is 17.5. The van der Waals surface area contributed by atoms with Gasteiger partial charge in [0.25, 0.3) is 0 Å². The largest absolute Gasteiger partial charge is 0.392 e. The highest BCUT2D eigenvalue weighted by Gasteiger charge is 2.56. The Bertz CT molecular complexity index is 828. The van der Waals surface area contributed by atoms with E-state index >= 15 is 0 Å². The van der Waals surface area contributed by atoms with Crippen LogP contribution in [-0.2, 0) is 13.0 Å². The highest BCUT2D eigenvalue weighted by molar-refractivity contribution is 5.26. The van der Waals surface area contributed by atoms with Gasteiger partial charge in [-0.25, -0.2) is 0 Å². The lowest BCUT2D eigenvalue weighted by atomic mass is 9.71. The fourth-order valence-electron chi connectivity index (χ4n) is 4.71. The van der Waals surface area contributed by atoms with Crippen molar-refractivity contribution in [2.75, 3.05) is 13.6 Å². The summed E-state index contributed by atoms with van der Waals surface area (Å²) in [7, 11) is 2.06. The maximum Gasteiger partial charge on any atom is 0.392 e. The minimum Gasteiger partial charge on any atom is -0.302 e. The van der Waals surface area contributed by atoms with Crippen molar-refractivity contribution < 1.29 is 26.3 Å². The van der Waals surface area contributed by atoms with Gasteiger partial charge in [-0.1, -0.05) is 54.6 Å². The van der Waals surface area contributed by atoms with Crippen LogP contribution in [0.3, 0.4) is 0 Å². The molecule has 2 aromatic carbocycles. The second kappa shape index (κ2) is 10.3. The maximum absolute atomic E-state index is 13.3. The van der Waals surface area contributed by atoms with Crippen molar-refractivity contribution in [1.29, 1.82) is 0 Å². The van der Waals surface area contributed by atoms with E-state index in [4.69, 9.17) is 0 Å². The van der Waals surface area contributed by atoms with E-state index in [0.29, 0.717) is 5.56 Å². The van der Waals surface area contributed by atoms with Crippen LogP contribution in [0.2, 0.25) is 0 Å². The average molecular weight is 458 g/mol. The molecule has 0 N–H and O–H groups in total. The predicted molar refractivity (Wildman–Crippen MR) is 113 cm³/mol. The Morgan fingerprint density at radius 3 is 2.00 bits per heavy atom. The molecule has 0 spiro atoms. The molecule has 1 aliphatic rings. The maximum atomic E-state index is 13.3. The molecule has 3 unspecified atom stereocenters. The van der Waals surface area contributed by atoms with Gasteiger partial charge in [0.2, 0.25) is 0 Å². The molecule has 7 heteroatoms. The molecule has 3 rings (SSSR count). The lowest BCUT2D eigenvalue weighted by molar-refractivity contribution is -0.263. The van der Waals surface area contributed by atoms with Crippen LogP contribution in [0.5, 0.6) is 0 Å². The first-order valence-electron chi connectivity index (χ1n) is 11.0. The van der Waals surface area contributed by atoms with Crippen LogP contribution >= 0.6 is 0 Å². The Morgan fingerprint density at radius 1 is 0.781 bits per heavy atom. The Labute approximate surface area is 185 Å². The van der Waals surface area contributed by atoms with Gasteiger partial charge in [0.1, 0.15) is 0 Å². The van der Waals surface area contributed by atoms with Crippen molar-refractivity contribution in [3.63, 3.8) is 0 Å². The molecule has 1 aliphatic carbocycles. The van der Waals surface area contributed by atoms with E-state index in [2.05, 4.69) is 24.1 Å². The molecular weight excluding hydrogens is 428 g/mol. The fourth-order valence-corrected chi connectivity index (χ4v) is 4.71. The summed E-state index contributed by atoms with van der Waals surface area (Å²) in [5.41, 5.74) is 3.03. The van der Waals surface area contributed by atoms with Crippen molar-refractivity contribution in [2.45, 2.75) is 56.9 Å². The third-order valence-electron chi connectivity index (χ3n) is 6.44. The van der Waals surface area contributed by atoms with Crippen LogP contribution in [0, 0.1) is 11.8 Å². The summed E-state index contributed by atoms with van der Waals surface area (Å²) in [6.07, 6.45) is -8.74. The lowest BCUT2D eigenvalue weighted by Crippen LogP contribution is -2.42. The molecule has 176 valence electrons. The van der Waals surface area contributed by atoms with Gasteiger partial charge in [0.15, 0.2) is 0 Å². The summed E-state index contributed by atoms with van der Waals surface area (Å²) in [5, 5.41) is 0. The normalized spacial score (nSPS) is 22.3. The van der Waals surface area contributed by atoms with Gasteiger partial charge in [-0.05, 0) is 68.3 Å². The highest BCUT2D eigenvalue weighted by Crippen LogP contribution is 2.52. The molecule has 0 aromatic heterocycles. The van der Waals surface area contributed by atoms with E-state index in [0.717, 1.165) is 31.5 Å². The minimum absolute atomic E-state index is 0.125. The van der Waals surface area contributed by atoms with Crippen LogP contribution in [-0.4, -0.2) is 30.8 Å². The van der Waals surface area contributed by atoms with Gasteiger partial charge in [-0.15, -0.1) is 0 Å². The Morgan fingerprint density at radius 2 is 1.41 bits per heavy atom. The van der Waals surface area contributed by atoms with Crippen LogP contribution in [0.25, 0.3) is 0 Å². The number of hydrogen-bond donors (Lipinski definition) is 0. The number of benzene rings is 2. The van der Waals surface area contributed by atoms with Crippen molar-refractivity contribution in [1.82, 2.24) is 4.90 Å². The van der Waals surface area contributed by atoms with E-state index in [1.807, 2.05) is 30.3 Å². The molecule has 3 atom stereocenters. The summed E-state index contributed by atoms with van der Waals surface area (Å²) < 4.78 is 79.2. The van der Waals surface area contributed by atoms with Crippen LogP contribution in [0.4, 0.5) is 26.3 Å². The zero-order chi connectivity index (χ0) is 23.4. The monoisotopic (exact) mass is 457 g/mol. The third kappa shape index (κ3) is 6.74. The number of nitrogens with zero attached hydrogens (tertiary/aromatic N) is 1. The molecule has 0 amide bonds. The van der Waals surface area contributed by atoms with Gasteiger partial charge in [-0.2, -0.15) is 26.3 Å². The number of halogens is 6. The number of alkyl halides is 6. The standard InChI is InChI=1S/C25H29F6N/c1-32(17-19-6-3-2-4-7-19)15-5-8-18-9-11-20(12-10-18)21-13-14-22(24(26,27)28)23(16-21)25(29,30)31/h2-4,6-7,9-12,21-23H,5,8,13-17H2,1H3. The van der Waals surface area contributed by atoms with Crippen LogP contribution in [0.15, 0.2) is 54.6 Å². The Balaban J connectivity index is 1.53. The van der Waals surface area contributed by atoms with Gasteiger partial charge in [0, 0.05) is 6.54 Å². The second-order valence-corrected chi connectivity index (χ2v) is 8.87. The van der Waals surface area contributed by atoms with Gasteiger partial charge < -0.3 is 4.90 Å². The zero-order valence-corrected chi connectivity index (χ0v) is 18.1. The fraction of sp³-hybridized carbons (Fsp3) is 0.520. The molecule has 1 saturated carbocycles. The van der Waals surface area contributed by atoms with Gasteiger partial charge in [-0.3, -0.25) is 0 Å². The topological polar surface area (TPSA) is 3.24 Å². The molecule has 0 aliphatic heterocycles. The first kappa shape index (κ1) is 24.6. The molecule has 2 aromatic rings. The number of rotatable bonds is 7. The van der Waals surface area contributed by atoms with Crippen molar-refractivity contribution >= 4 is 0 Å². The van der Waals surface area contributed by atoms with Gasteiger partial charge >= 0.3 is 12.4 Å². The third-order valence-corrected chi connectivity index (χ3v) is 6.44. The van der Waals surface area contributed by atoms with E-state index in [9.17, 15) is 26.3 Å². The summed E-state index contributed by atoms with van der Waals surface area (Å²) in [4.78, 5) is 2.24. The van der Waals surface area contributed by atoms with Crippen LogP contribution in [0.1, 0.15) is 48.3 Å². The van der Waals surface area contributed by atoms with E-state index < -0.39 is 42.9 Å². The summed E-state index contributed by atoms with van der Waals surface area (Å²) in [6.45, 7) is 1.77. The first-order valence-corrected chi connectivity index (χ1v) is 11.0. The SMILES string of the molecule is CN(CCCc1ccc(C2CCC(C(F)(F)F)C(C(F)(F)F)C2)cc1)Cc1ccccc1. The predicted octanol–water partition coefficient (Wildman–Crippen LogP) is 7.38. The van der Waals surface area contributed by atoms with E-state index in [1.54, 1.807) is 12.1 Å². The average Bonchev–Trinajstić information content (AvgIpc) is 2.73. The molecule has 32 heavy (non-hydrogen) atoms. The van der Waals surface area contributed by atoms with Crippen LogP contribution < -0.4 is 0 Å². The quantitative estimate of drug-likeness (QED) is 0.392. The smallest absolute Gasteiger partial charge is 0.302 e. The Hall–Kier alpha value is -2.02. The molecule has 0 heterocycles. The molecule has 1 fully saturated rings. The zero-order valence-electron chi connectivity index (χ0n) is 18.1. The van der Waals surface area contributed by atoms with Crippen molar-refractivity contribution in [3.05, 3.63) is 71.3 Å². The van der Waals surface area contributed by atoms with E-state index in [1.165, 1.54) is 5.56 Å². The number of aryl methyl sites for hydroxylation is 1. The first-order chi connectivity index (χ1) is 15.0. The Kier molecular flexibility index (Phi) is 7.91. The molecule has 1 nitrogen and oxygen atoms in total. The molecule has 0 bridgehead atoms. The van der Waals surface area contributed by atoms with Crippen molar-refractivity contribution in [2.24, 2.45) is 11.8 Å². The molecule has 0 saturated heterocycles.